The van der Waals surface area contributed by atoms with Crippen molar-refractivity contribution in [3.05, 3.63) is 41.0 Å². The van der Waals surface area contributed by atoms with Crippen LogP contribution in [0.25, 0.3) is 11.3 Å². The molecular formula is C19H23ClN4O3. The third-order valence-corrected chi connectivity index (χ3v) is 4.71. The Bertz CT molecular complexity index is 819. The molecule has 1 aliphatic heterocycles. The Balaban J connectivity index is 1.75. The van der Waals surface area contributed by atoms with E-state index in [1.165, 1.54) is 10.0 Å². The van der Waals surface area contributed by atoms with Gasteiger partial charge in [0.1, 0.15) is 6.54 Å². The van der Waals surface area contributed by atoms with E-state index in [9.17, 15) is 9.59 Å². The van der Waals surface area contributed by atoms with Crippen molar-refractivity contribution in [2.45, 2.75) is 33.2 Å². The molecule has 0 unspecified atom stereocenters. The van der Waals surface area contributed by atoms with Crippen LogP contribution in [0.3, 0.4) is 0 Å². The van der Waals surface area contributed by atoms with E-state index in [4.69, 9.17) is 16.3 Å². The maximum absolute atomic E-state index is 12.8. The van der Waals surface area contributed by atoms with Gasteiger partial charge in [0.2, 0.25) is 0 Å². The number of rotatable bonds is 4. The molecule has 2 aromatic rings. The zero-order chi connectivity index (χ0) is 19.4. The molecule has 0 N–H and O–H groups in total. The van der Waals surface area contributed by atoms with Crippen molar-refractivity contribution >= 4 is 23.6 Å². The first kappa shape index (κ1) is 19.2. The molecule has 1 saturated heterocycles. The normalized spacial score (nSPS) is 14.3. The van der Waals surface area contributed by atoms with Crippen LogP contribution in [0.1, 0.15) is 25.5 Å². The average molecular weight is 391 g/mol. The van der Waals surface area contributed by atoms with E-state index in [-0.39, 0.29) is 19.1 Å². The van der Waals surface area contributed by atoms with Crippen molar-refractivity contribution in [1.29, 1.82) is 0 Å². The molecule has 0 saturated carbocycles. The van der Waals surface area contributed by atoms with Crippen molar-refractivity contribution in [2.75, 3.05) is 19.7 Å². The lowest BCUT2D eigenvalue weighted by Crippen LogP contribution is -2.54. The number of hydrogen-bond acceptors (Lipinski definition) is 4. The number of hydrazine groups is 1. The molecule has 27 heavy (non-hydrogen) atoms. The average Bonchev–Trinajstić information content (AvgIpc) is 3.03. The first-order chi connectivity index (χ1) is 13.0. The van der Waals surface area contributed by atoms with Crippen molar-refractivity contribution in [2.24, 2.45) is 0 Å². The van der Waals surface area contributed by atoms with E-state index in [1.54, 1.807) is 23.7 Å². The van der Waals surface area contributed by atoms with Gasteiger partial charge < -0.3 is 4.74 Å². The SMILES string of the molecule is CCOC(=O)N1CCCCN1C(=O)Cn1nc(-c2ccc(Cl)cc2)cc1C. The van der Waals surface area contributed by atoms with Crippen LogP contribution in [-0.4, -0.2) is 51.5 Å². The van der Waals surface area contributed by atoms with E-state index >= 15 is 0 Å². The number of hydrogen-bond donors (Lipinski definition) is 0. The Hall–Kier alpha value is -2.54. The molecule has 0 radical (unpaired) electrons. The smallest absolute Gasteiger partial charge is 0.428 e. The fraction of sp³-hybridized carbons (Fsp3) is 0.421. The van der Waals surface area contributed by atoms with E-state index in [1.807, 2.05) is 25.1 Å². The molecule has 7 nitrogen and oxygen atoms in total. The third-order valence-electron chi connectivity index (χ3n) is 4.45. The summed E-state index contributed by atoms with van der Waals surface area (Å²) in [6.07, 6.45) is 1.23. The van der Waals surface area contributed by atoms with Crippen LogP contribution >= 0.6 is 11.6 Å². The van der Waals surface area contributed by atoms with Gasteiger partial charge in [0.25, 0.3) is 5.91 Å². The second kappa shape index (κ2) is 8.43. The van der Waals surface area contributed by atoms with Crippen LogP contribution < -0.4 is 0 Å². The zero-order valence-electron chi connectivity index (χ0n) is 15.5. The van der Waals surface area contributed by atoms with E-state index in [2.05, 4.69) is 5.10 Å². The summed E-state index contributed by atoms with van der Waals surface area (Å²) in [7, 11) is 0. The number of nitrogens with zero attached hydrogens (tertiary/aromatic N) is 4. The number of carbonyl (C=O) groups is 2. The molecule has 1 fully saturated rings. The zero-order valence-corrected chi connectivity index (χ0v) is 16.3. The van der Waals surface area contributed by atoms with Gasteiger partial charge in [0, 0.05) is 29.4 Å². The van der Waals surface area contributed by atoms with Gasteiger partial charge in [-0.15, -0.1) is 0 Å². The number of ether oxygens (including phenoxy) is 1. The van der Waals surface area contributed by atoms with Crippen molar-refractivity contribution < 1.29 is 14.3 Å². The van der Waals surface area contributed by atoms with E-state index < -0.39 is 6.09 Å². The quantitative estimate of drug-likeness (QED) is 0.801. The molecule has 2 amide bonds. The monoisotopic (exact) mass is 390 g/mol. The van der Waals surface area contributed by atoms with Gasteiger partial charge in [0.05, 0.1) is 12.3 Å². The molecular weight excluding hydrogens is 368 g/mol. The van der Waals surface area contributed by atoms with E-state index in [0.717, 1.165) is 29.8 Å². The number of aromatic nitrogens is 2. The predicted octanol–water partition coefficient (Wildman–Crippen LogP) is 3.51. The Morgan fingerprint density at radius 3 is 2.48 bits per heavy atom. The van der Waals surface area contributed by atoms with Gasteiger partial charge in [-0.1, -0.05) is 23.7 Å². The summed E-state index contributed by atoms with van der Waals surface area (Å²) >= 11 is 5.93. The van der Waals surface area contributed by atoms with Gasteiger partial charge in [-0.25, -0.2) is 14.8 Å². The van der Waals surface area contributed by atoms with Crippen molar-refractivity contribution in [3.63, 3.8) is 0 Å². The maximum Gasteiger partial charge on any atom is 0.428 e. The largest absolute Gasteiger partial charge is 0.448 e. The van der Waals surface area contributed by atoms with Gasteiger partial charge in [-0.2, -0.15) is 5.10 Å². The molecule has 1 aliphatic rings. The lowest BCUT2D eigenvalue weighted by molar-refractivity contribution is -0.150. The molecule has 0 atom stereocenters. The lowest BCUT2D eigenvalue weighted by Gasteiger charge is -2.37. The fourth-order valence-corrected chi connectivity index (χ4v) is 3.18. The highest BCUT2D eigenvalue weighted by Crippen LogP contribution is 2.21. The van der Waals surface area contributed by atoms with Crippen LogP contribution in [0.5, 0.6) is 0 Å². The summed E-state index contributed by atoms with van der Waals surface area (Å²) in [6, 6.07) is 9.32. The highest BCUT2D eigenvalue weighted by Gasteiger charge is 2.30. The van der Waals surface area contributed by atoms with Crippen molar-refractivity contribution in [1.82, 2.24) is 19.8 Å². The Kier molecular flexibility index (Phi) is 6.01. The number of aryl methyl sites for hydroxylation is 1. The Labute approximate surface area is 163 Å². The maximum atomic E-state index is 12.8. The predicted molar refractivity (Wildman–Crippen MR) is 102 cm³/mol. The summed E-state index contributed by atoms with van der Waals surface area (Å²) in [6.45, 7) is 4.98. The van der Waals surface area contributed by atoms with Gasteiger partial charge >= 0.3 is 6.09 Å². The summed E-state index contributed by atoms with van der Waals surface area (Å²) in [4.78, 5) is 25.0. The van der Waals surface area contributed by atoms with Crippen LogP contribution in [0.2, 0.25) is 5.02 Å². The molecule has 0 spiro atoms. The second-order valence-corrected chi connectivity index (χ2v) is 6.82. The molecule has 1 aromatic carbocycles. The van der Waals surface area contributed by atoms with Crippen LogP contribution in [0.4, 0.5) is 4.79 Å². The number of benzene rings is 1. The minimum Gasteiger partial charge on any atom is -0.448 e. The lowest BCUT2D eigenvalue weighted by atomic mass is 10.1. The second-order valence-electron chi connectivity index (χ2n) is 6.38. The molecule has 3 rings (SSSR count). The molecule has 144 valence electrons. The minimum atomic E-state index is -0.482. The molecule has 1 aromatic heterocycles. The van der Waals surface area contributed by atoms with Gasteiger partial charge in [0.15, 0.2) is 0 Å². The highest BCUT2D eigenvalue weighted by molar-refractivity contribution is 6.30. The Morgan fingerprint density at radius 1 is 1.15 bits per heavy atom. The molecule has 8 heteroatoms. The molecule has 0 bridgehead atoms. The number of amides is 2. The topological polar surface area (TPSA) is 67.7 Å². The van der Waals surface area contributed by atoms with Gasteiger partial charge in [-0.3, -0.25) is 9.48 Å². The fourth-order valence-electron chi connectivity index (χ4n) is 3.05. The highest BCUT2D eigenvalue weighted by atomic mass is 35.5. The molecule has 0 aliphatic carbocycles. The first-order valence-corrected chi connectivity index (χ1v) is 9.42. The summed E-state index contributed by atoms with van der Waals surface area (Å²) in [5, 5.41) is 8.08. The summed E-state index contributed by atoms with van der Waals surface area (Å²) in [5.74, 6) is -0.184. The summed E-state index contributed by atoms with van der Waals surface area (Å²) < 4.78 is 6.72. The number of halogens is 1. The van der Waals surface area contributed by atoms with Crippen LogP contribution in [0.15, 0.2) is 30.3 Å². The molecule has 2 heterocycles. The first-order valence-electron chi connectivity index (χ1n) is 9.04. The van der Waals surface area contributed by atoms with Crippen LogP contribution in [0, 0.1) is 6.92 Å². The minimum absolute atomic E-state index is 0.0648. The van der Waals surface area contributed by atoms with Crippen molar-refractivity contribution in [3.8, 4) is 11.3 Å². The Morgan fingerprint density at radius 2 is 1.81 bits per heavy atom. The van der Waals surface area contributed by atoms with Crippen LogP contribution in [-0.2, 0) is 16.1 Å². The summed E-state index contributed by atoms with van der Waals surface area (Å²) in [5.41, 5.74) is 2.57. The standard InChI is InChI=1S/C19H23ClN4O3/c1-3-27-19(26)24-11-5-4-10-23(24)18(25)13-22-14(2)12-17(21-22)15-6-8-16(20)9-7-15/h6-9,12H,3-5,10-11,13H2,1-2H3. The third kappa shape index (κ3) is 4.42. The van der Waals surface area contributed by atoms with Gasteiger partial charge in [-0.05, 0) is 44.9 Å². The number of carbonyl (C=O) groups excluding carboxylic acids is 2. The van der Waals surface area contributed by atoms with E-state index in [0.29, 0.717) is 18.1 Å².